The number of fused-ring (bicyclic) bond motifs is 2. The Kier molecular flexibility index (Phi) is 3.47. The smallest absolute Gasteiger partial charge is 0.00462 e. The highest BCUT2D eigenvalue weighted by atomic mass is 14.6. The SMILES string of the molecule is CC1(C)CCC(CN)C(CC2CC3CCC2C3)C1. The summed E-state index contributed by atoms with van der Waals surface area (Å²) >= 11 is 0. The summed E-state index contributed by atoms with van der Waals surface area (Å²) in [5.74, 6) is 5.03. The minimum absolute atomic E-state index is 0.577. The fourth-order valence-corrected chi connectivity index (χ4v) is 5.43. The molecule has 0 aromatic heterocycles. The fraction of sp³-hybridized carbons (Fsp3) is 1.00. The summed E-state index contributed by atoms with van der Waals surface area (Å²) in [6.07, 6.45) is 11.9. The lowest BCUT2D eigenvalue weighted by Gasteiger charge is -2.42. The van der Waals surface area contributed by atoms with Crippen LogP contribution in [0.3, 0.4) is 0 Å². The molecule has 0 spiro atoms. The first-order chi connectivity index (χ1) is 8.57. The van der Waals surface area contributed by atoms with Gasteiger partial charge in [-0.1, -0.05) is 20.3 Å². The third-order valence-electron chi connectivity index (χ3n) is 6.47. The number of nitrogens with two attached hydrogens (primary N) is 1. The molecule has 3 saturated carbocycles. The fourth-order valence-electron chi connectivity index (χ4n) is 5.43. The first-order valence-electron chi connectivity index (χ1n) is 8.27. The van der Waals surface area contributed by atoms with Gasteiger partial charge in [-0.15, -0.1) is 0 Å². The van der Waals surface area contributed by atoms with Crippen LogP contribution in [0.2, 0.25) is 0 Å². The van der Waals surface area contributed by atoms with Crippen LogP contribution in [0.15, 0.2) is 0 Å². The van der Waals surface area contributed by atoms with Crippen molar-refractivity contribution in [2.24, 2.45) is 40.7 Å². The zero-order valence-corrected chi connectivity index (χ0v) is 12.3. The maximum Gasteiger partial charge on any atom is -0.00462 e. The molecule has 2 N–H and O–H groups in total. The molecule has 0 aromatic carbocycles. The predicted molar refractivity (Wildman–Crippen MR) is 77.2 cm³/mol. The topological polar surface area (TPSA) is 26.0 Å². The predicted octanol–water partition coefficient (Wildman–Crippen LogP) is 4.21. The third kappa shape index (κ3) is 2.48. The zero-order chi connectivity index (χ0) is 12.8. The minimum atomic E-state index is 0.577. The highest BCUT2D eigenvalue weighted by molar-refractivity contribution is 4.93. The Morgan fingerprint density at radius 3 is 2.44 bits per heavy atom. The third-order valence-corrected chi connectivity index (χ3v) is 6.47. The van der Waals surface area contributed by atoms with Crippen LogP contribution in [0.1, 0.15) is 65.2 Å². The summed E-state index contributed by atoms with van der Waals surface area (Å²) in [6, 6.07) is 0. The van der Waals surface area contributed by atoms with Crippen molar-refractivity contribution in [1.82, 2.24) is 0 Å². The second kappa shape index (κ2) is 4.81. The average molecular weight is 249 g/mol. The molecule has 104 valence electrons. The van der Waals surface area contributed by atoms with Gasteiger partial charge in [-0.25, -0.2) is 0 Å². The van der Waals surface area contributed by atoms with Crippen molar-refractivity contribution in [3.05, 3.63) is 0 Å². The molecule has 3 aliphatic carbocycles. The van der Waals surface area contributed by atoms with Gasteiger partial charge in [0.05, 0.1) is 0 Å². The maximum absolute atomic E-state index is 6.03. The summed E-state index contributed by atoms with van der Waals surface area (Å²) in [5.41, 5.74) is 6.61. The van der Waals surface area contributed by atoms with Gasteiger partial charge in [0.2, 0.25) is 0 Å². The van der Waals surface area contributed by atoms with E-state index >= 15 is 0 Å². The normalized spacial score (nSPS) is 46.5. The van der Waals surface area contributed by atoms with Crippen LogP contribution < -0.4 is 5.73 Å². The second-order valence-corrected chi connectivity index (χ2v) is 8.33. The standard InChI is InChI=1S/C17H31N/c1-17(2)6-5-14(11-18)16(10-17)9-15-8-12-3-4-13(15)7-12/h12-16H,3-11,18H2,1-2H3. The van der Waals surface area contributed by atoms with Crippen molar-refractivity contribution in [2.45, 2.75) is 65.2 Å². The lowest BCUT2D eigenvalue weighted by Crippen LogP contribution is -2.35. The van der Waals surface area contributed by atoms with Crippen LogP contribution in [0, 0.1) is 35.0 Å². The molecule has 0 radical (unpaired) electrons. The molecular formula is C17H31N. The molecule has 5 atom stereocenters. The van der Waals surface area contributed by atoms with Crippen molar-refractivity contribution in [1.29, 1.82) is 0 Å². The molecule has 0 aromatic rings. The van der Waals surface area contributed by atoms with E-state index in [1.165, 1.54) is 32.1 Å². The van der Waals surface area contributed by atoms with E-state index in [9.17, 15) is 0 Å². The van der Waals surface area contributed by atoms with Crippen LogP contribution in [0.5, 0.6) is 0 Å². The van der Waals surface area contributed by atoms with E-state index in [2.05, 4.69) is 13.8 Å². The Morgan fingerprint density at radius 2 is 1.83 bits per heavy atom. The van der Waals surface area contributed by atoms with Gasteiger partial charge in [0.25, 0.3) is 0 Å². The lowest BCUT2D eigenvalue weighted by atomic mass is 9.64. The molecular weight excluding hydrogens is 218 g/mol. The molecule has 5 unspecified atom stereocenters. The summed E-state index contributed by atoms with van der Waals surface area (Å²) in [7, 11) is 0. The monoisotopic (exact) mass is 249 g/mol. The average Bonchev–Trinajstić information content (AvgIpc) is 2.90. The maximum atomic E-state index is 6.03. The first kappa shape index (κ1) is 13.0. The Balaban J connectivity index is 1.62. The van der Waals surface area contributed by atoms with Crippen LogP contribution in [0.4, 0.5) is 0 Å². The quantitative estimate of drug-likeness (QED) is 0.796. The molecule has 3 fully saturated rings. The molecule has 0 aliphatic heterocycles. The first-order valence-corrected chi connectivity index (χ1v) is 8.27. The summed E-state index contributed by atoms with van der Waals surface area (Å²) < 4.78 is 0. The second-order valence-electron chi connectivity index (χ2n) is 8.33. The highest BCUT2D eigenvalue weighted by Gasteiger charge is 2.42. The summed E-state index contributed by atoms with van der Waals surface area (Å²) in [4.78, 5) is 0. The van der Waals surface area contributed by atoms with Gasteiger partial charge in [-0.2, -0.15) is 0 Å². The number of rotatable bonds is 3. The molecule has 0 heterocycles. The van der Waals surface area contributed by atoms with Gasteiger partial charge in [-0.05, 0) is 86.5 Å². The Labute approximate surface area is 113 Å². The van der Waals surface area contributed by atoms with Crippen molar-refractivity contribution in [2.75, 3.05) is 6.54 Å². The molecule has 0 amide bonds. The minimum Gasteiger partial charge on any atom is -0.330 e. The van der Waals surface area contributed by atoms with E-state index in [0.29, 0.717) is 5.41 Å². The number of hydrogen-bond acceptors (Lipinski definition) is 1. The molecule has 3 rings (SSSR count). The van der Waals surface area contributed by atoms with Crippen LogP contribution >= 0.6 is 0 Å². The van der Waals surface area contributed by atoms with Crippen LogP contribution in [-0.4, -0.2) is 6.54 Å². The summed E-state index contributed by atoms with van der Waals surface area (Å²) in [6.45, 7) is 5.86. The van der Waals surface area contributed by atoms with E-state index < -0.39 is 0 Å². The van der Waals surface area contributed by atoms with Gasteiger partial charge in [0.1, 0.15) is 0 Å². The molecule has 2 bridgehead atoms. The highest BCUT2D eigenvalue weighted by Crippen LogP contribution is 2.53. The Bertz CT molecular complexity index is 296. The van der Waals surface area contributed by atoms with E-state index in [-0.39, 0.29) is 0 Å². The van der Waals surface area contributed by atoms with Crippen molar-refractivity contribution < 1.29 is 0 Å². The Morgan fingerprint density at radius 1 is 1.00 bits per heavy atom. The van der Waals surface area contributed by atoms with E-state index in [0.717, 1.165) is 36.1 Å². The van der Waals surface area contributed by atoms with Gasteiger partial charge < -0.3 is 5.73 Å². The van der Waals surface area contributed by atoms with Crippen molar-refractivity contribution in [3.8, 4) is 0 Å². The Hall–Kier alpha value is -0.0400. The molecule has 3 aliphatic rings. The molecule has 1 heteroatoms. The van der Waals surface area contributed by atoms with E-state index in [1.54, 1.807) is 19.3 Å². The van der Waals surface area contributed by atoms with Gasteiger partial charge in [-0.3, -0.25) is 0 Å². The molecule has 1 nitrogen and oxygen atoms in total. The van der Waals surface area contributed by atoms with Crippen molar-refractivity contribution >= 4 is 0 Å². The van der Waals surface area contributed by atoms with Crippen LogP contribution in [0.25, 0.3) is 0 Å². The van der Waals surface area contributed by atoms with E-state index in [4.69, 9.17) is 5.73 Å². The molecule has 0 saturated heterocycles. The van der Waals surface area contributed by atoms with Gasteiger partial charge in [0.15, 0.2) is 0 Å². The zero-order valence-electron chi connectivity index (χ0n) is 12.3. The van der Waals surface area contributed by atoms with Gasteiger partial charge >= 0.3 is 0 Å². The van der Waals surface area contributed by atoms with Crippen LogP contribution in [-0.2, 0) is 0 Å². The lowest BCUT2D eigenvalue weighted by molar-refractivity contribution is 0.0920. The van der Waals surface area contributed by atoms with Gasteiger partial charge in [0, 0.05) is 0 Å². The summed E-state index contributed by atoms with van der Waals surface area (Å²) in [5, 5.41) is 0. The van der Waals surface area contributed by atoms with E-state index in [1.807, 2.05) is 0 Å². The number of hydrogen-bond donors (Lipinski definition) is 1. The molecule has 18 heavy (non-hydrogen) atoms. The van der Waals surface area contributed by atoms with Crippen molar-refractivity contribution in [3.63, 3.8) is 0 Å². The largest absolute Gasteiger partial charge is 0.330 e.